The van der Waals surface area contributed by atoms with Crippen molar-refractivity contribution in [1.82, 2.24) is 0 Å². The van der Waals surface area contributed by atoms with Gasteiger partial charge in [0.05, 0.1) is 5.92 Å². The lowest BCUT2D eigenvalue weighted by Crippen LogP contribution is -2.21. The number of hydrogen-bond donors (Lipinski definition) is 0. The normalized spacial score (nSPS) is 20.5. The molecular formula is C22H16O. The van der Waals surface area contributed by atoms with E-state index in [2.05, 4.69) is 73.3 Å². The maximum Gasteiger partial charge on any atom is 0.128 e. The molecule has 0 saturated carbocycles. The largest absolute Gasteiger partial charge is 0.485 e. The number of benzene rings is 3. The van der Waals surface area contributed by atoms with Crippen molar-refractivity contribution < 1.29 is 4.74 Å². The van der Waals surface area contributed by atoms with E-state index in [1.54, 1.807) is 0 Å². The molecule has 0 unspecified atom stereocenters. The smallest absolute Gasteiger partial charge is 0.128 e. The Balaban J connectivity index is 1.83. The van der Waals surface area contributed by atoms with E-state index in [0.29, 0.717) is 0 Å². The highest BCUT2D eigenvalue weighted by atomic mass is 16.5. The number of rotatable bonds is 1. The fourth-order valence-corrected chi connectivity index (χ4v) is 4.00. The van der Waals surface area contributed by atoms with Crippen LogP contribution in [0.1, 0.15) is 28.2 Å². The molecule has 5 rings (SSSR count). The monoisotopic (exact) mass is 296 g/mol. The van der Waals surface area contributed by atoms with E-state index in [9.17, 15) is 0 Å². The Kier molecular flexibility index (Phi) is 2.54. The quantitative estimate of drug-likeness (QED) is 0.584. The lowest BCUT2D eigenvalue weighted by Gasteiger charge is -2.24. The first kappa shape index (κ1) is 12.7. The number of ether oxygens (including phenoxy) is 1. The number of hydrogen-bond acceptors (Lipinski definition) is 1. The second-order valence-corrected chi connectivity index (χ2v) is 6.17. The van der Waals surface area contributed by atoms with Crippen LogP contribution < -0.4 is 4.74 Å². The Morgan fingerprint density at radius 1 is 0.957 bits per heavy atom. The van der Waals surface area contributed by atoms with Crippen LogP contribution in [0.25, 0.3) is 22.9 Å². The Morgan fingerprint density at radius 3 is 2.78 bits per heavy atom. The average molecular weight is 296 g/mol. The standard InChI is InChI=1S/C22H16O/c1-2-14-7-5-9-18-16(14)11-13-20-22(18)21-17-8-4-3-6-15(17)10-12-19(21)23-20/h2-13,20,22H,1H2/t20-,22+/m0/s1. The molecule has 0 fully saturated rings. The van der Waals surface area contributed by atoms with E-state index >= 15 is 0 Å². The zero-order valence-electron chi connectivity index (χ0n) is 12.7. The molecule has 0 amide bonds. The van der Waals surface area contributed by atoms with Gasteiger partial charge in [-0.25, -0.2) is 0 Å². The van der Waals surface area contributed by atoms with Gasteiger partial charge in [0.1, 0.15) is 11.9 Å². The summed E-state index contributed by atoms with van der Waals surface area (Å²) in [6.07, 6.45) is 6.39. The highest BCUT2D eigenvalue weighted by Crippen LogP contribution is 2.49. The highest BCUT2D eigenvalue weighted by Gasteiger charge is 2.38. The van der Waals surface area contributed by atoms with Crippen LogP contribution in [0.15, 0.2) is 67.3 Å². The van der Waals surface area contributed by atoms with Gasteiger partial charge in [-0.1, -0.05) is 67.3 Å². The van der Waals surface area contributed by atoms with Gasteiger partial charge in [-0.15, -0.1) is 0 Å². The lowest BCUT2D eigenvalue weighted by atomic mass is 9.79. The molecule has 0 N–H and O–H groups in total. The molecule has 2 atom stereocenters. The summed E-state index contributed by atoms with van der Waals surface area (Å²) in [6, 6.07) is 19.3. The van der Waals surface area contributed by atoms with Gasteiger partial charge in [0, 0.05) is 5.56 Å². The molecular weight excluding hydrogens is 280 g/mol. The second-order valence-electron chi connectivity index (χ2n) is 6.17. The molecule has 110 valence electrons. The van der Waals surface area contributed by atoms with Crippen molar-refractivity contribution in [3.05, 3.63) is 89.5 Å². The van der Waals surface area contributed by atoms with Crippen molar-refractivity contribution in [2.75, 3.05) is 0 Å². The van der Waals surface area contributed by atoms with Gasteiger partial charge in [-0.2, -0.15) is 0 Å². The summed E-state index contributed by atoms with van der Waals surface area (Å²) < 4.78 is 6.24. The average Bonchev–Trinajstić information content (AvgIpc) is 3.00. The van der Waals surface area contributed by atoms with E-state index in [0.717, 1.165) is 5.75 Å². The third kappa shape index (κ3) is 1.68. The van der Waals surface area contributed by atoms with Gasteiger partial charge < -0.3 is 4.74 Å². The Bertz CT molecular complexity index is 980. The van der Waals surface area contributed by atoms with Crippen LogP contribution in [0.3, 0.4) is 0 Å². The van der Waals surface area contributed by atoms with Gasteiger partial charge in [-0.05, 0) is 39.6 Å². The van der Waals surface area contributed by atoms with Crippen LogP contribution in [0.2, 0.25) is 0 Å². The summed E-state index contributed by atoms with van der Waals surface area (Å²) >= 11 is 0. The zero-order chi connectivity index (χ0) is 15.4. The summed E-state index contributed by atoms with van der Waals surface area (Å²) in [5.74, 6) is 1.27. The SMILES string of the molecule is C=Cc1cccc2c1C=C[C@@H]1Oc3ccc4ccccc4c3[C@H]21. The maximum atomic E-state index is 6.24. The molecule has 23 heavy (non-hydrogen) atoms. The molecule has 3 aromatic carbocycles. The van der Waals surface area contributed by atoms with Gasteiger partial charge >= 0.3 is 0 Å². The van der Waals surface area contributed by atoms with Crippen LogP contribution in [0.4, 0.5) is 0 Å². The van der Waals surface area contributed by atoms with E-state index in [4.69, 9.17) is 4.74 Å². The van der Waals surface area contributed by atoms with Crippen molar-refractivity contribution in [3.8, 4) is 5.75 Å². The van der Waals surface area contributed by atoms with Crippen molar-refractivity contribution in [1.29, 1.82) is 0 Å². The zero-order valence-corrected chi connectivity index (χ0v) is 12.7. The van der Waals surface area contributed by atoms with Gasteiger partial charge in [-0.3, -0.25) is 0 Å². The van der Waals surface area contributed by atoms with E-state index < -0.39 is 0 Å². The van der Waals surface area contributed by atoms with Gasteiger partial charge in [0.15, 0.2) is 0 Å². The molecule has 1 nitrogen and oxygen atoms in total. The molecule has 0 radical (unpaired) electrons. The Labute approximate surface area is 135 Å². The molecule has 0 bridgehead atoms. The molecule has 2 aliphatic rings. The first-order valence-electron chi connectivity index (χ1n) is 7.98. The molecule has 0 saturated heterocycles. The minimum atomic E-state index is 0.0865. The van der Waals surface area contributed by atoms with Crippen molar-refractivity contribution in [2.45, 2.75) is 12.0 Å². The molecule has 1 heteroatoms. The predicted molar refractivity (Wildman–Crippen MR) is 95.8 cm³/mol. The molecule has 0 aromatic heterocycles. The number of fused-ring (bicyclic) bond motifs is 7. The molecule has 1 aliphatic carbocycles. The predicted octanol–water partition coefficient (Wildman–Crippen LogP) is 5.40. The fourth-order valence-electron chi connectivity index (χ4n) is 4.00. The molecule has 1 aliphatic heterocycles. The van der Waals surface area contributed by atoms with Crippen LogP contribution >= 0.6 is 0 Å². The van der Waals surface area contributed by atoms with Crippen molar-refractivity contribution in [2.24, 2.45) is 0 Å². The highest BCUT2D eigenvalue weighted by molar-refractivity contribution is 5.90. The summed E-state index contributed by atoms with van der Waals surface area (Å²) in [5.41, 5.74) is 5.11. The minimum Gasteiger partial charge on any atom is -0.485 e. The summed E-state index contributed by atoms with van der Waals surface area (Å²) in [6.45, 7) is 3.95. The second kappa shape index (κ2) is 4.60. The first-order valence-corrected chi connectivity index (χ1v) is 7.98. The molecule has 3 aromatic rings. The summed E-state index contributed by atoms with van der Waals surface area (Å²) in [5, 5.41) is 2.56. The Morgan fingerprint density at radius 2 is 1.87 bits per heavy atom. The topological polar surface area (TPSA) is 9.23 Å². The van der Waals surface area contributed by atoms with E-state index in [-0.39, 0.29) is 12.0 Å². The third-order valence-electron chi connectivity index (χ3n) is 5.01. The maximum absolute atomic E-state index is 6.24. The minimum absolute atomic E-state index is 0.0865. The third-order valence-corrected chi connectivity index (χ3v) is 5.01. The summed E-state index contributed by atoms with van der Waals surface area (Å²) in [4.78, 5) is 0. The van der Waals surface area contributed by atoms with Gasteiger partial charge in [0.25, 0.3) is 0 Å². The van der Waals surface area contributed by atoms with Crippen LogP contribution in [0.5, 0.6) is 5.75 Å². The first-order chi connectivity index (χ1) is 11.4. The lowest BCUT2D eigenvalue weighted by molar-refractivity contribution is 0.267. The van der Waals surface area contributed by atoms with Crippen LogP contribution in [-0.4, -0.2) is 6.10 Å². The van der Waals surface area contributed by atoms with Crippen LogP contribution in [0, 0.1) is 0 Å². The fraction of sp³-hybridized carbons (Fsp3) is 0.0909. The van der Waals surface area contributed by atoms with E-state index in [1.807, 2.05) is 6.08 Å². The molecule has 0 spiro atoms. The van der Waals surface area contributed by atoms with E-state index in [1.165, 1.54) is 33.0 Å². The summed E-state index contributed by atoms with van der Waals surface area (Å²) in [7, 11) is 0. The van der Waals surface area contributed by atoms with Crippen molar-refractivity contribution in [3.63, 3.8) is 0 Å². The Hall–Kier alpha value is -2.80. The molecule has 1 heterocycles. The van der Waals surface area contributed by atoms with Gasteiger partial charge in [0.2, 0.25) is 0 Å². The van der Waals surface area contributed by atoms with Crippen molar-refractivity contribution >= 4 is 22.9 Å². The van der Waals surface area contributed by atoms with Crippen LogP contribution in [-0.2, 0) is 0 Å².